The van der Waals surface area contributed by atoms with Crippen molar-refractivity contribution in [2.75, 3.05) is 24.6 Å². The maximum Gasteiger partial charge on any atom is 0.267 e. The number of nitrogens with zero attached hydrogens (tertiary/aromatic N) is 2. The molecular weight excluding hydrogens is 356 g/mol. The summed E-state index contributed by atoms with van der Waals surface area (Å²) in [5.41, 5.74) is 2.14. The monoisotopic (exact) mass is 374 g/mol. The minimum atomic E-state index is -0.179. The molecule has 0 spiro atoms. The zero-order valence-corrected chi connectivity index (χ0v) is 15.5. The number of likely N-dealkylation sites (N-methyl/N-ethyl adjacent to an activating group) is 1. The molecule has 2 saturated heterocycles. The molecule has 25 heavy (non-hydrogen) atoms. The van der Waals surface area contributed by atoms with E-state index in [9.17, 15) is 9.59 Å². The van der Waals surface area contributed by atoms with E-state index in [0.29, 0.717) is 27.9 Å². The highest BCUT2D eigenvalue weighted by molar-refractivity contribution is 8.26. The van der Waals surface area contributed by atoms with Crippen molar-refractivity contribution in [3.05, 3.63) is 34.7 Å². The van der Waals surface area contributed by atoms with Crippen LogP contribution in [0, 0.1) is 0 Å². The fraction of sp³-hybridized carbons (Fsp3) is 0.389. The molecule has 1 aromatic rings. The number of carbonyl (C=O) groups excluding carboxylic acids is 2. The highest BCUT2D eigenvalue weighted by atomic mass is 32.2. The molecule has 3 aliphatic rings. The first-order chi connectivity index (χ1) is 12.1. The van der Waals surface area contributed by atoms with Gasteiger partial charge in [-0.15, -0.1) is 0 Å². The molecule has 1 atom stereocenters. The maximum absolute atomic E-state index is 13.0. The molecule has 0 aliphatic carbocycles. The van der Waals surface area contributed by atoms with Gasteiger partial charge in [-0.25, -0.2) is 0 Å². The molecule has 7 heteroatoms. The normalized spacial score (nSPS) is 26.1. The Hall–Kier alpha value is -1.70. The number of ether oxygens (including phenoxy) is 1. The third kappa shape index (κ3) is 2.70. The van der Waals surface area contributed by atoms with Crippen LogP contribution in [0.1, 0.15) is 25.3 Å². The van der Waals surface area contributed by atoms with E-state index in [1.165, 1.54) is 11.8 Å². The number of fused-ring (bicyclic) bond motifs is 1. The number of benzene rings is 1. The van der Waals surface area contributed by atoms with Crippen molar-refractivity contribution in [1.29, 1.82) is 0 Å². The number of amides is 2. The Morgan fingerprint density at radius 2 is 2.04 bits per heavy atom. The van der Waals surface area contributed by atoms with Crippen molar-refractivity contribution in [1.82, 2.24) is 4.90 Å². The molecule has 3 heterocycles. The van der Waals surface area contributed by atoms with Crippen molar-refractivity contribution < 1.29 is 14.3 Å². The lowest BCUT2D eigenvalue weighted by Crippen LogP contribution is -2.35. The van der Waals surface area contributed by atoms with E-state index in [1.807, 2.05) is 31.2 Å². The van der Waals surface area contributed by atoms with E-state index in [2.05, 4.69) is 0 Å². The average Bonchev–Trinajstić information content (AvgIpc) is 3.28. The zero-order valence-electron chi connectivity index (χ0n) is 13.9. The number of thiocarbonyl (C=S) groups is 1. The molecule has 3 aliphatic heterocycles. The number of hydrogen-bond acceptors (Lipinski definition) is 5. The maximum atomic E-state index is 13.0. The topological polar surface area (TPSA) is 49.9 Å². The second-order valence-corrected chi connectivity index (χ2v) is 7.83. The highest BCUT2D eigenvalue weighted by Gasteiger charge is 2.42. The predicted octanol–water partition coefficient (Wildman–Crippen LogP) is 2.80. The van der Waals surface area contributed by atoms with E-state index < -0.39 is 0 Å². The summed E-state index contributed by atoms with van der Waals surface area (Å²) in [6.07, 6.45) is 1.98. The lowest BCUT2D eigenvalue weighted by Gasteiger charge is -2.18. The second kappa shape index (κ2) is 6.55. The fourth-order valence-electron chi connectivity index (χ4n) is 3.51. The van der Waals surface area contributed by atoms with Crippen LogP contribution in [-0.4, -0.2) is 46.8 Å². The van der Waals surface area contributed by atoms with E-state index >= 15 is 0 Å². The molecule has 0 aromatic heterocycles. The second-order valence-electron chi connectivity index (χ2n) is 6.19. The molecule has 0 saturated carbocycles. The van der Waals surface area contributed by atoms with Gasteiger partial charge in [0.15, 0.2) is 0 Å². The van der Waals surface area contributed by atoms with Gasteiger partial charge in [-0.3, -0.25) is 14.5 Å². The van der Waals surface area contributed by atoms with Gasteiger partial charge >= 0.3 is 0 Å². The number of thioether (sulfide) groups is 1. The summed E-state index contributed by atoms with van der Waals surface area (Å²) in [5.74, 6) is -0.303. The largest absolute Gasteiger partial charge is 0.376 e. The highest BCUT2D eigenvalue weighted by Crippen LogP contribution is 2.44. The smallest absolute Gasteiger partial charge is 0.267 e. The molecule has 4 rings (SSSR count). The SMILES string of the molecule is CCN1C(=O)/C(=C2/SC(=S)N(C[C@H]3CCCO3)C2=O)c2ccccc21. The van der Waals surface area contributed by atoms with Crippen LogP contribution in [0.25, 0.3) is 5.57 Å². The van der Waals surface area contributed by atoms with Crippen LogP contribution >= 0.6 is 24.0 Å². The van der Waals surface area contributed by atoms with Crippen molar-refractivity contribution in [3.63, 3.8) is 0 Å². The van der Waals surface area contributed by atoms with Crippen LogP contribution in [0.2, 0.25) is 0 Å². The Balaban J connectivity index is 1.72. The zero-order chi connectivity index (χ0) is 17.6. The van der Waals surface area contributed by atoms with Gasteiger partial charge in [-0.05, 0) is 25.8 Å². The quantitative estimate of drug-likeness (QED) is 0.601. The van der Waals surface area contributed by atoms with Crippen molar-refractivity contribution in [2.45, 2.75) is 25.9 Å². The molecular formula is C18H18N2O3S2. The molecule has 130 valence electrons. The lowest BCUT2D eigenvalue weighted by atomic mass is 10.1. The summed E-state index contributed by atoms with van der Waals surface area (Å²) in [5, 5.41) is 0. The number of carbonyl (C=O) groups is 2. The molecule has 1 aromatic carbocycles. The van der Waals surface area contributed by atoms with Crippen LogP contribution in [0.3, 0.4) is 0 Å². The van der Waals surface area contributed by atoms with Crippen molar-refractivity contribution in [2.24, 2.45) is 0 Å². The van der Waals surface area contributed by atoms with Gasteiger partial charge < -0.3 is 9.64 Å². The fourth-order valence-corrected chi connectivity index (χ4v) is 4.86. The van der Waals surface area contributed by atoms with Gasteiger partial charge in [0.2, 0.25) is 0 Å². The minimum absolute atomic E-state index is 0.0329. The molecule has 0 radical (unpaired) electrons. The summed E-state index contributed by atoms with van der Waals surface area (Å²) in [6.45, 7) is 3.70. The van der Waals surface area contributed by atoms with Gasteiger partial charge in [-0.2, -0.15) is 0 Å². The number of anilines is 1. The Bertz CT molecular complexity index is 799. The molecule has 2 amide bonds. The van der Waals surface area contributed by atoms with Gasteiger partial charge in [0.1, 0.15) is 4.32 Å². The van der Waals surface area contributed by atoms with E-state index in [4.69, 9.17) is 17.0 Å². The Kier molecular flexibility index (Phi) is 4.39. The van der Waals surface area contributed by atoms with Crippen LogP contribution < -0.4 is 4.90 Å². The first-order valence-electron chi connectivity index (χ1n) is 8.42. The van der Waals surface area contributed by atoms with Crippen LogP contribution in [0.15, 0.2) is 29.2 Å². The lowest BCUT2D eigenvalue weighted by molar-refractivity contribution is -0.123. The third-order valence-corrected chi connectivity index (χ3v) is 6.17. The summed E-state index contributed by atoms with van der Waals surface area (Å²) < 4.78 is 6.13. The number of para-hydroxylation sites is 1. The Labute approximate surface area is 156 Å². The number of rotatable bonds is 3. The van der Waals surface area contributed by atoms with Crippen molar-refractivity contribution in [3.8, 4) is 0 Å². The first kappa shape index (κ1) is 16.8. The molecule has 0 bridgehead atoms. The minimum Gasteiger partial charge on any atom is -0.376 e. The summed E-state index contributed by atoms with van der Waals surface area (Å²) >= 11 is 6.64. The Morgan fingerprint density at radius 3 is 2.76 bits per heavy atom. The van der Waals surface area contributed by atoms with Crippen LogP contribution in [0.5, 0.6) is 0 Å². The van der Waals surface area contributed by atoms with Gasteiger partial charge in [-0.1, -0.05) is 42.2 Å². The van der Waals surface area contributed by atoms with E-state index in [1.54, 1.807) is 9.80 Å². The molecule has 0 N–H and O–H groups in total. The summed E-state index contributed by atoms with van der Waals surface area (Å²) in [7, 11) is 0. The Morgan fingerprint density at radius 1 is 1.24 bits per heavy atom. The summed E-state index contributed by atoms with van der Waals surface area (Å²) in [6, 6.07) is 7.60. The van der Waals surface area contributed by atoms with E-state index in [-0.39, 0.29) is 17.9 Å². The van der Waals surface area contributed by atoms with Crippen LogP contribution in [-0.2, 0) is 14.3 Å². The van der Waals surface area contributed by atoms with E-state index in [0.717, 1.165) is 30.7 Å². The van der Waals surface area contributed by atoms with Crippen molar-refractivity contribution >= 4 is 51.4 Å². The molecule has 2 fully saturated rings. The predicted molar refractivity (Wildman–Crippen MR) is 102 cm³/mol. The van der Waals surface area contributed by atoms with Gasteiger partial charge in [0, 0.05) is 18.7 Å². The summed E-state index contributed by atoms with van der Waals surface area (Å²) in [4.78, 5) is 29.6. The number of hydrogen-bond donors (Lipinski definition) is 0. The standard InChI is InChI=1S/C18H18N2O3S2/c1-2-19-13-8-4-3-7-12(13)14(16(19)21)15-17(22)20(18(24)25-15)10-11-6-5-9-23-11/h3-4,7-8,11H,2,5-6,9-10H2,1H3/b15-14+/t11-/m1/s1. The van der Waals surface area contributed by atoms with Crippen LogP contribution in [0.4, 0.5) is 5.69 Å². The van der Waals surface area contributed by atoms with Gasteiger partial charge in [0.05, 0.1) is 28.8 Å². The average molecular weight is 374 g/mol. The van der Waals surface area contributed by atoms with Gasteiger partial charge in [0.25, 0.3) is 11.8 Å². The first-order valence-corrected chi connectivity index (χ1v) is 9.65. The molecule has 5 nitrogen and oxygen atoms in total. The third-order valence-electron chi connectivity index (χ3n) is 4.73. The molecule has 0 unspecified atom stereocenters.